The minimum atomic E-state index is -2.94. The first kappa shape index (κ1) is 20.4. The smallest absolute Gasteiger partial charge is 0.387 e. The normalized spacial score (nSPS) is 15.0. The average Bonchev–Trinajstić information content (AvgIpc) is 3.14. The molecule has 1 N–H and O–H groups in total. The first-order chi connectivity index (χ1) is 14.5. The highest BCUT2D eigenvalue weighted by molar-refractivity contribution is 7.09. The summed E-state index contributed by atoms with van der Waals surface area (Å²) in [5.74, 6) is -0.0236. The molecule has 1 aliphatic rings. The largest absolute Gasteiger partial charge is 0.432 e. The van der Waals surface area contributed by atoms with Gasteiger partial charge in [-0.15, -0.1) is 11.3 Å². The third kappa shape index (κ3) is 4.65. The Hall–Kier alpha value is -2.85. The van der Waals surface area contributed by atoms with Crippen LogP contribution in [0.1, 0.15) is 10.7 Å². The number of ether oxygens (including phenoxy) is 1. The van der Waals surface area contributed by atoms with Gasteiger partial charge < -0.3 is 15.0 Å². The van der Waals surface area contributed by atoms with E-state index in [1.165, 1.54) is 12.3 Å². The zero-order chi connectivity index (χ0) is 21.1. The van der Waals surface area contributed by atoms with Crippen molar-refractivity contribution in [2.24, 2.45) is 0 Å². The number of carbonyl (C=O) groups is 1. The maximum absolute atomic E-state index is 12.8. The first-order valence-corrected chi connectivity index (χ1v) is 10.4. The van der Waals surface area contributed by atoms with Gasteiger partial charge in [-0.1, -0.05) is 0 Å². The first-order valence-electron chi connectivity index (χ1n) is 9.51. The second-order valence-corrected chi connectivity index (χ2v) is 8.00. The van der Waals surface area contributed by atoms with Crippen LogP contribution in [0.25, 0.3) is 10.9 Å². The van der Waals surface area contributed by atoms with Crippen LogP contribution in [0.5, 0.6) is 5.75 Å². The monoisotopic (exact) mass is 433 g/mol. The summed E-state index contributed by atoms with van der Waals surface area (Å²) >= 11 is 1.64. The van der Waals surface area contributed by atoms with E-state index in [1.54, 1.807) is 34.4 Å². The van der Waals surface area contributed by atoms with Crippen LogP contribution in [-0.2, 0) is 6.54 Å². The van der Waals surface area contributed by atoms with Gasteiger partial charge >= 0.3 is 12.6 Å². The lowest BCUT2D eigenvalue weighted by Crippen LogP contribution is -2.49. The number of hydrogen-bond donors (Lipinski definition) is 1. The van der Waals surface area contributed by atoms with Crippen LogP contribution >= 0.6 is 11.3 Å². The SMILES string of the molecule is Cc1nc(CN2CCN(C(=O)Nc3ccc(OC(F)F)c4ncccc34)CC2)cs1. The number of piperazine rings is 1. The third-order valence-corrected chi connectivity index (χ3v) is 5.72. The number of rotatable bonds is 5. The number of nitrogens with one attached hydrogen (secondary N) is 1. The summed E-state index contributed by atoms with van der Waals surface area (Å²) in [5, 5.41) is 6.54. The molecule has 1 saturated heterocycles. The lowest BCUT2D eigenvalue weighted by Gasteiger charge is -2.34. The fourth-order valence-electron chi connectivity index (χ4n) is 3.46. The number of halogens is 2. The standard InChI is InChI=1S/C20H21F2N5O2S/c1-13-24-14(12-30-13)11-26-7-9-27(10-8-26)20(28)25-16-4-5-17(29-19(21)22)18-15(16)3-2-6-23-18/h2-6,12,19H,7-11H2,1H3,(H,25,28). The van der Waals surface area contributed by atoms with Gasteiger partial charge in [-0.3, -0.25) is 9.88 Å². The van der Waals surface area contributed by atoms with E-state index in [1.807, 2.05) is 6.92 Å². The highest BCUT2D eigenvalue weighted by Gasteiger charge is 2.22. The van der Waals surface area contributed by atoms with Crippen LogP contribution in [-0.4, -0.2) is 58.6 Å². The molecule has 2 aromatic heterocycles. The number of alkyl halides is 2. The number of benzene rings is 1. The van der Waals surface area contributed by atoms with E-state index in [-0.39, 0.29) is 17.3 Å². The second-order valence-electron chi connectivity index (χ2n) is 6.94. The predicted molar refractivity (Wildman–Crippen MR) is 111 cm³/mol. The van der Waals surface area contributed by atoms with Gasteiger partial charge in [0.15, 0.2) is 5.75 Å². The van der Waals surface area contributed by atoms with Gasteiger partial charge in [-0.05, 0) is 31.2 Å². The van der Waals surface area contributed by atoms with Gasteiger partial charge in [0.25, 0.3) is 0 Å². The molecule has 0 aliphatic carbocycles. The van der Waals surface area contributed by atoms with Crippen molar-refractivity contribution in [3.05, 3.63) is 46.5 Å². The Kier molecular flexibility index (Phi) is 6.05. The minimum absolute atomic E-state index is 0.0236. The zero-order valence-corrected chi connectivity index (χ0v) is 17.2. The Morgan fingerprint density at radius 2 is 2.07 bits per heavy atom. The van der Waals surface area contributed by atoms with Crippen molar-refractivity contribution in [1.29, 1.82) is 0 Å². The van der Waals surface area contributed by atoms with Crippen LogP contribution in [0, 0.1) is 6.92 Å². The molecular weight excluding hydrogens is 412 g/mol. The number of carbonyl (C=O) groups excluding carboxylic acids is 1. The number of urea groups is 1. The molecule has 30 heavy (non-hydrogen) atoms. The second kappa shape index (κ2) is 8.88. The van der Waals surface area contributed by atoms with Gasteiger partial charge in [0.2, 0.25) is 0 Å². The van der Waals surface area contributed by atoms with Crippen LogP contribution in [0.4, 0.5) is 19.3 Å². The van der Waals surface area contributed by atoms with Crippen molar-refractivity contribution in [1.82, 2.24) is 19.8 Å². The Balaban J connectivity index is 1.40. The van der Waals surface area contributed by atoms with Crippen LogP contribution in [0.3, 0.4) is 0 Å². The lowest BCUT2D eigenvalue weighted by molar-refractivity contribution is -0.0489. The van der Waals surface area contributed by atoms with Crippen molar-refractivity contribution in [2.75, 3.05) is 31.5 Å². The summed E-state index contributed by atoms with van der Waals surface area (Å²) in [4.78, 5) is 25.4. The van der Waals surface area contributed by atoms with Gasteiger partial charge in [0.1, 0.15) is 5.52 Å². The molecule has 10 heteroatoms. The van der Waals surface area contributed by atoms with E-state index in [0.29, 0.717) is 24.2 Å². The van der Waals surface area contributed by atoms with E-state index in [9.17, 15) is 13.6 Å². The molecule has 7 nitrogen and oxygen atoms in total. The number of aryl methyl sites for hydroxylation is 1. The molecule has 1 fully saturated rings. The number of fused-ring (bicyclic) bond motifs is 1. The average molecular weight is 433 g/mol. The predicted octanol–water partition coefficient (Wildman–Crippen LogP) is 3.95. The summed E-state index contributed by atoms with van der Waals surface area (Å²) in [6.45, 7) is 2.53. The molecule has 0 bridgehead atoms. The Labute approximate surface area is 176 Å². The Bertz CT molecular complexity index is 1040. The number of aromatic nitrogens is 2. The van der Waals surface area contributed by atoms with Crippen molar-refractivity contribution >= 4 is 34.0 Å². The van der Waals surface area contributed by atoms with E-state index in [4.69, 9.17) is 0 Å². The molecule has 1 aromatic carbocycles. The highest BCUT2D eigenvalue weighted by atomic mass is 32.1. The van der Waals surface area contributed by atoms with E-state index in [0.717, 1.165) is 30.3 Å². The summed E-state index contributed by atoms with van der Waals surface area (Å²) in [6.07, 6.45) is 1.50. The molecule has 158 valence electrons. The molecular formula is C20H21F2N5O2S. The highest BCUT2D eigenvalue weighted by Crippen LogP contribution is 2.31. The fourth-order valence-corrected chi connectivity index (χ4v) is 4.06. The van der Waals surface area contributed by atoms with Crippen molar-refractivity contribution in [3.8, 4) is 5.75 Å². The number of thiazole rings is 1. The number of nitrogens with zero attached hydrogens (tertiary/aromatic N) is 4. The maximum Gasteiger partial charge on any atom is 0.387 e. The summed E-state index contributed by atoms with van der Waals surface area (Å²) in [6, 6.07) is 6.12. The number of hydrogen-bond acceptors (Lipinski definition) is 6. The van der Waals surface area contributed by atoms with Crippen molar-refractivity contribution in [3.63, 3.8) is 0 Å². The van der Waals surface area contributed by atoms with Crippen molar-refractivity contribution < 1.29 is 18.3 Å². The van der Waals surface area contributed by atoms with Crippen LogP contribution in [0.2, 0.25) is 0 Å². The molecule has 0 radical (unpaired) electrons. The molecule has 2 amide bonds. The molecule has 0 unspecified atom stereocenters. The van der Waals surface area contributed by atoms with Gasteiger partial charge in [-0.25, -0.2) is 9.78 Å². The third-order valence-electron chi connectivity index (χ3n) is 4.90. The number of pyridine rings is 1. The van der Waals surface area contributed by atoms with E-state index in [2.05, 4.69) is 30.3 Å². The van der Waals surface area contributed by atoms with Crippen LogP contribution < -0.4 is 10.1 Å². The molecule has 3 heterocycles. The maximum atomic E-state index is 12.8. The van der Waals surface area contributed by atoms with E-state index < -0.39 is 6.61 Å². The summed E-state index contributed by atoms with van der Waals surface area (Å²) < 4.78 is 29.8. The fraction of sp³-hybridized carbons (Fsp3) is 0.350. The van der Waals surface area contributed by atoms with Crippen molar-refractivity contribution in [2.45, 2.75) is 20.1 Å². The molecule has 4 rings (SSSR count). The zero-order valence-electron chi connectivity index (χ0n) is 16.3. The molecule has 3 aromatic rings. The molecule has 0 saturated carbocycles. The quantitative estimate of drug-likeness (QED) is 0.660. The Morgan fingerprint density at radius 3 is 2.77 bits per heavy atom. The molecule has 0 spiro atoms. The van der Waals surface area contributed by atoms with Gasteiger partial charge in [0.05, 0.1) is 16.4 Å². The molecule has 0 atom stereocenters. The van der Waals surface area contributed by atoms with Gasteiger partial charge in [0, 0.05) is 49.7 Å². The van der Waals surface area contributed by atoms with E-state index >= 15 is 0 Å². The number of anilines is 1. The molecule has 1 aliphatic heterocycles. The summed E-state index contributed by atoms with van der Waals surface area (Å²) in [7, 11) is 0. The summed E-state index contributed by atoms with van der Waals surface area (Å²) in [5.41, 5.74) is 1.84. The number of amides is 2. The minimum Gasteiger partial charge on any atom is -0.432 e. The van der Waals surface area contributed by atoms with Gasteiger partial charge in [-0.2, -0.15) is 8.78 Å². The lowest BCUT2D eigenvalue weighted by atomic mass is 10.1. The Morgan fingerprint density at radius 1 is 1.27 bits per heavy atom. The van der Waals surface area contributed by atoms with Crippen LogP contribution in [0.15, 0.2) is 35.8 Å². The topological polar surface area (TPSA) is 70.6 Å².